The maximum Gasteiger partial charge on any atom is 0.323 e. The van der Waals surface area contributed by atoms with Crippen LogP contribution in [0.25, 0.3) is 11.0 Å². The first-order valence-electron chi connectivity index (χ1n) is 6.71. The van der Waals surface area contributed by atoms with Crippen LogP contribution in [-0.4, -0.2) is 15.1 Å². The van der Waals surface area contributed by atoms with Crippen LogP contribution in [0.3, 0.4) is 0 Å². The third-order valence-electron chi connectivity index (χ3n) is 3.32. The highest BCUT2D eigenvalue weighted by molar-refractivity contribution is 9.10. The van der Waals surface area contributed by atoms with E-state index in [1.807, 2.05) is 12.1 Å². The number of aromatic amines is 2. The quantitative estimate of drug-likeness (QED) is 0.709. The van der Waals surface area contributed by atoms with Crippen LogP contribution in [0, 0.1) is 0 Å². The second-order valence-corrected chi connectivity index (χ2v) is 5.72. The number of aromatic nitrogens is 2. The minimum Gasteiger partial charge on any atom is -0.388 e. The van der Waals surface area contributed by atoms with Gasteiger partial charge in [0.25, 0.3) is 0 Å². The van der Waals surface area contributed by atoms with Crippen molar-refractivity contribution in [2.24, 2.45) is 0 Å². The number of fused-ring (bicyclic) bond motifs is 1. The van der Waals surface area contributed by atoms with Gasteiger partial charge < -0.3 is 15.1 Å². The van der Waals surface area contributed by atoms with Crippen molar-refractivity contribution in [3.63, 3.8) is 0 Å². The Labute approximate surface area is 120 Å². The highest BCUT2D eigenvalue weighted by Gasteiger charge is 2.13. The summed E-state index contributed by atoms with van der Waals surface area (Å²) < 4.78 is 0.832. The second kappa shape index (κ2) is 6.39. The summed E-state index contributed by atoms with van der Waals surface area (Å²) in [5, 5.41) is 10.2. The first-order valence-corrected chi connectivity index (χ1v) is 7.50. The lowest BCUT2D eigenvalue weighted by atomic mass is 10.0. The van der Waals surface area contributed by atoms with Crippen LogP contribution in [0.1, 0.15) is 50.7 Å². The molecule has 4 nitrogen and oxygen atoms in total. The van der Waals surface area contributed by atoms with E-state index < -0.39 is 6.10 Å². The van der Waals surface area contributed by atoms with Crippen LogP contribution in [0.4, 0.5) is 0 Å². The van der Waals surface area contributed by atoms with Gasteiger partial charge in [0.15, 0.2) is 0 Å². The molecule has 0 aliphatic rings. The molecule has 0 radical (unpaired) electrons. The molecule has 1 aromatic heterocycles. The predicted octanol–water partition coefficient (Wildman–Crippen LogP) is 3.62. The van der Waals surface area contributed by atoms with Crippen LogP contribution in [-0.2, 0) is 0 Å². The summed E-state index contributed by atoms with van der Waals surface area (Å²) in [5.74, 6) is 0. The predicted molar refractivity (Wildman–Crippen MR) is 80.3 cm³/mol. The number of H-pyrrole nitrogens is 2. The van der Waals surface area contributed by atoms with Crippen LogP contribution < -0.4 is 5.69 Å². The summed E-state index contributed by atoms with van der Waals surface area (Å²) in [5.41, 5.74) is 2.09. The third-order valence-corrected chi connectivity index (χ3v) is 4.01. The van der Waals surface area contributed by atoms with Crippen molar-refractivity contribution in [2.45, 2.75) is 45.1 Å². The van der Waals surface area contributed by atoms with Crippen molar-refractivity contribution >= 4 is 27.0 Å². The molecule has 1 atom stereocenters. The molecule has 0 aliphatic heterocycles. The van der Waals surface area contributed by atoms with Gasteiger partial charge in [-0.15, -0.1) is 0 Å². The molecule has 0 amide bonds. The molecule has 0 spiro atoms. The molecule has 0 bridgehead atoms. The van der Waals surface area contributed by atoms with Crippen LogP contribution in [0.15, 0.2) is 21.4 Å². The van der Waals surface area contributed by atoms with Crippen molar-refractivity contribution in [3.8, 4) is 0 Å². The fourth-order valence-electron chi connectivity index (χ4n) is 2.25. The SMILES string of the molecule is CCCCCCC(O)c1cc2[nH]c(=O)[nH]c2cc1Br. The van der Waals surface area contributed by atoms with E-state index >= 15 is 0 Å². The van der Waals surface area contributed by atoms with Gasteiger partial charge in [0, 0.05) is 4.47 Å². The fourth-order valence-corrected chi connectivity index (χ4v) is 2.86. The molecule has 1 aromatic carbocycles. The number of hydrogen-bond acceptors (Lipinski definition) is 2. The molecule has 0 saturated carbocycles. The number of hydrogen-bond donors (Lipinski definition) is 3. The molecule has 2 aromatic rings. The van der Waals surface area contributed by atoms with E-state index in [4.69, 9.17) is 0 Å². The van der Waals surface area contributed by atoms with E-state index in [0.717, 1.165) is 40.3 Å². The molecule has 0 saturated heterocycles. The maximum atomic E-state index is 11.2. The van der Waals surface area contributed by atoms with Crippen molar-refractivity contribution in [1.29, 1.82) is 0 Å². The first-order chi connectivity index (χ1) is 9.11. The topological polar surface area (TPSA) is 68.9 Å². The zero-order valence-corrected chi connectivity index (χ0v) is 12.6. The molecule has 0 aliphatic carbocycles. The fraction of sp³-hybridized carbons (Fsp3) is 0.500. The normalized spacial score (nSPS) is 13.0. The number of benzene rings is 1. The summed E-state index contributed by atoms with van der Waals surface area (Å²) in [6.45, 7) is 2.17. The number of unbranched alkanes of at least 4 members (excludes halogenated alkanes) is 3. The van der Waals surface area contributed by atoms with E-state index in [0.29, 0.717) is 0 Å². The number of aliphatic hydroxyl groups excluding tert-OH is 1. The van der Waals surface area contributed by atoms with Crippen LogP contribution in [0.2, 0.25) is 0 Å². The van der Waals surface area contributed by atoms with Gasteiger partial charge in [0.05, 0.1) is 17.1 Å². The highest BCUT2D eigenvalue weighted by atomic mass is 79.9. The number of imidazole rings is 1. The average Bonchev–Trinajstić information content (AvgIpc) is 2.72. The van der Waals surface area contributed by atoms with Crippen LogP contribution in [0.5, 0.6) is 0 Å². The summed E-state index contributed by atoms with van der Waals surface area (Å²) in [4.78, 5) is 16.7. The van der Waals surface area contributed by atoms with E-state index in [2.05, 4.69) is 32.8 Å². The number of halogens is 1. The molecule has 1 heterocycles. The zero-order chi connectivity index (χ0) is 13.8. The molecule has 19 heavy (non-hydrogen) atoms. The molecule has 104 valence electrons. The largest absolute Gasteiger partial charge is 0.388 e. The Morgan fingerprint density at radius 2 is 1.89 bits per heavy atom. The third kappa shape index (κ3) is 3.48. The summed E-state index contributed by atoms with van der Waals surface area (Å²) in [7, 11) is 0. The van der Waals surface area contributed by atoms with Crippen molar-refractivity contribution in [1.82, 2.24) is 9.97 Å². The van der Waals surface area contributed by atoms with Gasteiger partial charge in [-0.1, -0.05) is 48.5 Å². The van der Waals surface area contributed by atoms with Crippen molar-refractivity contribution < 1.29 is 5.11 Å². The number of aliphatic hydroxyl groups is 1. The van der Waals surface area contributed by atoms with Crippen molar-refractivity contribution in [3.05, 3.63) is 32.7 Å². The highest BCUT2D eigenvalue weighted by Crippen LogP contribution is 2.29. The maximum absolute atomic E-state index is 11.2. The lowest BCUT2D eigenvalue weighted by Gasteiger charge is -2.13. The molecule has 5 heteroatoms. The molecule has 3 N–H and O–H groups in total. The molecule has 1 unspecified atom stereocenters. The Balaban J connectivity index is 2.14. The van der Waals surface area contributed by atoms with Crippen molar-refractivity contribution in [2.75, 3.05) is 0 Å². The van der Waals surface area contributed by atoms with E-state index in [9.17, 15) is 9.90 Å². The Hall–Kier alpha value is -1.07. The van der Waals surface area contributed by atoms with E-state index in [-0.39, 0.29) is 5.69 Å². The lowest BCUT2D eigenvalue weighted by molar-refractivity contribution is 0.163. The smallest absolute Gasteiger partial charge is 0.323 e. The minimum atomic E-state index is -0.492. The minimum absolute atomic E-state index is 0.225. The van der Waals surface area contributed by atoms with E-state index in [1.54, 1.807) is 0 Å². The number of nitrogens with one attached hydrogen (secondary N) is 2. The molecule has 2 rings (SSSR count). The summed E-state index contributed by atoms with van der Waals surface area (Å²) in [6.07, 6.45) is 4.82. The summed E-state index contributed by atoms with van der Waals surface area (Å²) in [6, 6.07) is 3.67. The molecular weight excluding hydrogens is 308 g/mol. The van der Waals surface area contributed by atoms with E-state index in [1.165, 1.54) is 12.8 Å². The van der Waals surface area contributed by atoms with Gasteiger partial charge in [-0.25, -0.2) is 4.79 Å². The van der Waals surface area contributed by atoms with Gasteiger partial charge in [0.1, 0.15) is 0 Å². The Bertz CT molecular complexity index is 603. The van der Waals surface area contributed by atoms with Gasteiger partial charge in [-0.05, 0) is 24.1 Å². The summed E-state index contributed by atoms with van der Waals surface area (Å²) >= 11 is 3.45. The monoisotopic (exact) mass is 326 g/mol. The molecular formula is C14H19BrN2O2. The Morgan fingerprint density at radius 3 is 2.58 bits per heavy atom. The molecule has 0 fully saturated rings. The second-order valence-electron chi connectivity index (χ2n) is 4.86. The Kier molecular flexibility index (Phi) is 4.82. The van der Waals surface area contributed by atoms with Crippen LogP contribution >= 0.6 is 15.9 Å². The average molecular weight is 327 g/mol. The lowest BCUT2D eigenvalue weighted by Crippen LogP contribution is -1.99. The van der Waals surface area contributed by atoms with Gasteiger partial charge in [0.2, 0.25) is 0 Å². The zero-order valence-electron chi connectivity index (χ0n) is 11.0. The van der Waals surface area contributed by atoms with Gasteiger partial charge >= 0.3 is 5.69 Å². The first kappa shape index (κ1) is 14.3. The van der Waals surface area contributed by atoms with Gasteiger partial charge in [-0.3, -0.25) is 0 Å². The number of rotatable bonds is 6. The van der Waals surface area contributed by atoms with Gasteiger partial charge in [-0.2, -0.15) is 0 Å². The standard InChI is InChI=1S/C14H19BrN2O2/c1-2-3-4-5-6-13(18)9-7-11-12(8-10(9)15)17-14(19)16-11/h7-8,13,18H,2-6H2,1H3,(H2,16,17,19). The Morgan fingerprint density at radius 1 is 1.21 bits per heavy atom.